The van der Waals surface area contributed by atoms with Crippen LogP contribution in [0.1, 0.15) is 23.3 Å². The highest BCUT2D eigenvalue weighted by atomic mass is 16.3. The predicted octanol–water partition coefficient (Wildman–Crippen LogP) is 1.98. The number of aliphatic hydroxyl groups excluding tert-OH is 2. The fourth-order valence-electron chi connectivity index (χ4n) is 2.98. The van der Waals surface area contributed by atoms with E-state index in [1.54, 1.807) is 0 Å². The zero-order chi connectivity index (χ0) is 14.3. The maximum Gasteiger partial charge on any atom is 0.134 e. The molecule has 0 amide bonds. The molecule has 0 unspecified atom stereocenters. The van der Waals surface area contributed by atoms with Crippen LogP contribution in [0.5, 0.6) is 0 Å². The Morgan fingerprint density at radius 3 is 2.75 bits per heavy atom. The largest absolute Gasteiger partial charge is 0.460 e. The van der Waals surface area contributed by atoms with E-state index in [1.165, 1.54) is 11.1 Å². The van der Waals surface area contributed by atoms with Gasteiger partial charge in [0.05, 0.1) is 19.3 Å². The lowest BCUT2D eigenvalue weighted by atomic mass is 10.1. The first-order valence-electron chi connectivity index (χ1n) is 7.09. The normalized spacial score (nSPS) is 23.8. The van der Waals surface area contributed by atoms with Gasteiger partial charge in [0.25, 0.3) is 0 Å². The SMILES string of the molecule is Cc1cc2cc(CN3C[C@H](O)C[C@H]3CO)oc2cc1C. The number of hydrogen-bond donors (Lipinski definition) is 2. The standard InChI is InChI=1S/C16H21NO3/c1-10-3-12-5-15(20-16(12)4-11(10)2)8-17-7-14(19)6-13(17)9-18/h3-5,13-14,18-19H,6-9H2,1-2H3/t13-,14+/m0/s1. The fraction of sp³-hybridized carbons (Fsp3) is 0.500. The Morgan fingerprint density at radius 1 is 1.25 bits per heavy atom. The molecule has 1 aliphatic heterocycles. The Bertz CT molecular complexity index is 580. The first-order chi connectivity index (χ1) is 9.56. The van der Waals surface area contributed by atoms with Crippen LogP contribution >= 0.6 is 0 Å². The van der Waals surface area contributed by atoms with Crippen molar-refractivity contribution < 1.29 is 14.6 Å². The van der Waals surface area contributed by atoms with Gasteiger partial charge in [0.15, 0.2) is 0 Å². The van der Waals surface area contributed by atoms with E-state index in [2.05, 4.69) is 36.9 Å². The van der Waals surface area contributed by atoms with E-state index in [4.69, 9.17) is 4.42 Å². The van der Waals surface area contributed by atoms with E-state index in [-0.39, 0.29) is 18.8 Å². The summed E-state index contributed by atoms with van der Waals surface area (Å²) in [7, 11) is 0. The van der Waals surface area contributed by atoms with Gasteiger partial charge in [0.2, 0.25) is 0 Å². The van der Waals surface area contributed by atoms with Crippen LogP contribution in [-0.4, -0.2) is 40.4 Å². The number of furan rings is 1. The number of fused-ring (bicyclic) bond motifs is 1. The molecule has 1 aromatic heterocycles. The minimum Gasteiger partial charge on any atom is -0.460 e. The van der Waals surface area contributed by atoms with Crippen LogP contribution in [0.3, 0.4) is 0 Å². The molecule has 0 radical (unpaired) electrons. The number of β-amino-alcohol motifs (C(OH)–C–C–N with tert-alkyl or cyclic N) is 1. The minimum atomic E-state index is -0.346. The molecule has 2 heterocycles. The average molecular weight is 275 g/mol. The number of likely N-dealkylation sites (tertiary alicyclic amines) is 1. The Kier molecular flexibility index (Phi) is 3.54. The number of aryl methyl sites for hydroxylation is 2. The highest BCUT2D eigenvalue weighted by molar-refractivity contribution is 5.79. The summed E-state index contributed by atoms with van der Waals surface area (Å²) in [5, 5.41) is 20.2. The second-order valence-corrected chi connectivity index (χ2v) is 5.84. The van der Waals surface area contributed by atoms with Crippen LogP contribution in [0.25, 0.3) is 11.0 Å². The van der Waals surface area contributed by atoms with Gasteiger partial charge in [-0.15, -0.1) is 0 Å². The number of benzene rings is 1. The molecular weight excluding hydrogens is 254 g/mol. The quantitative estimate of drug-likeness (QED) is 0.899. The number of aliphatic hydroxyl groups is 2. The maximum atomic E-state index is 9.71. The molecule has 2 aromatic rings. The summed E-state index contributed by atoms with van der Waals surface area (Å²) < 4.78 is 5.89. The Morgan fingerprint density at radius 2 is 2.00 bits per heavy atom. The van der Waals surface area contributed by atoms with Crippen molar-refractivity contribution in [1.82, 2.24) is 4.90 Å². The zero-order valence-corrected chi connectivity index (χ0v) is 12.0. The van der Waals surface area contributed by atoms with Gasteiger partial charge in [-0.1, -0.05) is 0 Å². The van der Waals surface area contributed by atoms with Crippen molar-refractivity contribution in [3.63, 3.8) is 0 Å². The first-order valence-corrected chi connectivity index (χ1v) is 7.09. The Labute approximate surface area is 118 Å². The molecule has 3 rings (SSSR count). The summed E-state index contributed by atoms with van der Waals surface area (Å²) in [5.41, 5.74) is 3.39. The van der Waals surface area contributed by atoms with Crippen molar-refractivity contribution in [1.29, 1.82) is 0 Å². The molecule has 4 heteroatoms. The molecule has 2 atom stereocenters. The van der Waals surface area contributed by atoms with Crippen molar-refractivity contribution in [2.75, 3.05) is 13.2 Å². The minimum absolute atomic E-state index is 0.0293. The summed E-state index contributed by atoms with van der Waals surface area (Å²) in [6.45, 7) is 5.49. The molecule has 20 heavy (non-hydrogen) atoms. The van der Waals surface area contributed by atoms with E-state index in [0.717, 1.165) is 16.7 Å². The van der Waals surface area contributed by atoms with Crippen LogP contribution in [0.4, 0.5) is 0 Å². The van der Waals surface area contributed by atoms with Crippen molar-refractivity contribution in [3.05, 3.63) is 35.1 Å². The van der Waals surface area contributed by atoms with Gasteiger partial charge in [-0.25, -0.2) is 0 Å². The highest BCUT2D eigenvalue weighted by Crippen LogP contribution is 2.26. The third-order valence-corrected chi connectivity index (χ3v) is 4.26. The molecule has 0 aliphatic carbocycles. The van der Waals surface area contributed by atoms with Gasteiger partial charge >= 0.3 is 0 Å². The van der Waals surface area contributed by atoms with E-state index < -0.39 is 0 Å². The van der Waals surface area contributed by atoms with Crippen molar-refractivity contribution in [3.8, 4) is 0 Å². The van der Waals surface area contributed by atoms with Gasteiger partial charge in [0.1, 0.15) is 11.3 Å². The van der Waals surface area contributed by atoms with Gasteiger partial charge in [-0.3, -0.25) is 4.90 Å². The lowest BCUT2D eigenvalue weighted by Crippen LogP contribution is -2.31. The molecule has 1 aromatic carbocycles. The van der Waals surface area contributed by atoms with Gasteiger partial charge in [-0.2, -0.15) is 0 Å². The van der Waals surface area contributed by atoms with Crippen LogP contribution in [0, 0.1) is 13.8 Å². The lowest BCUT2D eigenvalue weighted by molar-refractivity contribution is 0.143. The number of rotatable bonds is 3. The highest BCUT2D eigenvalue weighted by Gasteiger charge is 2.30. The van der Waals surface area contributed by atoms with Crippen molar-refractivity contribution >= 4 is 11.0 Å². The summed E-state index contributed by atoms with van der Waals surface area (Å²) in [6.07, 6.45) is 0.288. The second-order valence-electron chi connectivity index (χ2n) is 5.84. The first kappa shape index (κ1) is 13.6. The molecule has 2 N–H and O–H groups in total. The van der Waals surface area contributed by atoms with Crippen LogP contribution in [0.15, 0.2) is 22.6 Å². The third kappa shape index (κ3) is 2.46. The molecule has 0 saturated carbocycles. The van der Waals surface area contributed by atoms with Crippen molar-refractivity contribution in [2.24, 2.45) is 0 Å². The molecule has 1 saturated heterocycles. The number of hydrogen-bond acceptors (Lipinski definition) is 4. The molecule has 108 valence electrons. The Balaban J connectivity index is 1.84. The molecule has 1 fully saturated rings. The van der Waals surface area contributed by atoms with E-state index in [0.29, 0.717) is 19.5 Å². The Hall–Kier alpha value is -1.36. The zero-order valence-electron chi connectivity index (χ0n) is 12.0. The molecule has 4 nitrogen and oxygen atoms in total. The summed E-state index contributed by atoms with van der Waals surface area (Å²) in [5.74, 6) is 0.887. The molecule has 0 bridgehead atoms. The smallest absolute Gasteiger partial charge is 0.134 e. The number of nitrogens with zero attached hydrogens (tertiary/aromatic N) is 1. The van der Waals surface area contributed by atoms with E-state index in [1.807, 2.05) is 0 Å². The van der Waals surface area contributed by atoms with Gasteiger partial charge in [0, 0.05) is 18.0 Å². The molecule has 1 aliphatic rings. The maximum absolute atomic E-state index is 9.71. The molecular formula is C16H21NO3. The van der Waals surface area contributed by atoms with Crippen LogP contribution in [0.2, 0.25) is 0 Å². The molecule has 0 spiro atoms. The monoisotopic (exact) mass is 275 g/mol. The summed E-state index contributed by atoms with van der Waals surface area (Å²) in [4.78, 5) is 2.09. The lowest BCUT2D eigenvalue weighted by Gasteiger charge is -2.20. The van der Waals surface area contributed by atoms with E-state index in [9.17, 15) is 10.2 Å². The van der Waals surface area contributed by atoms with Gasteiger partial charge < -0.3 is 14.6 Å². The topological polar surface area (TPSA) is 56.8 Å². The van der Waals surface area contributed by atoms with Crippen LogP contribution < -0.4 is 0 Å². The van der Waals surface area contributed by atoms with Crippen LogP contribution in [-0.2, 0) is 6.54 Å². The summed E-state index contributed by atoms with van der Waals surface area (Å²) in [6, 6.07) is 6.29. The van der Waals surface area contributed by atoms with E-state index >= 15 is 0 Å². The third-order valence-electron chi connectivity index (χ3n) is 4.26. The fourth-order valence-corrected chi connectivity index (χ4v) is 2.98. The second kappa shape index (κ2) is 5.20. The predicted molar refractivity (Wildman–Crippen MR) is 77.6 cm³/mol. The van der Waals surface area contributed by atoms with Crippen molar-refractivity contribution in [2.45, 2.75) is 39.0 Å². The average Bonchev–Trinajstić information content (AvgIpc) is 2.93. The summed E-state index contributed by atoms with van der Waals surface area (Å²) >= 11 is 0. The van der Waals surface area contributed by atoms with Gasteiger partial charge in [-0.05, 0) is 49.6 Å².